The molecule has 5 heteroatoms. The zero-order valence-electron chi connectivity index (χ0n) is 9.56. The molecule has 0 aromatic carbocycles. The van der Waals surface area contributed by atoms with Gasteiger partial charge in [0, 0.05) is 6.92 Å². The van der Waals surface area contributed by atoms with Gasteiger partial charge in [0.15, 0.2) is 0 Å². The van der Waals surface area contributed by atoms with Crippen LogP contribution in [0.5, 0.6) is 0 Å². The van der Waals surface area contributed by atoms with Crippen molar-refractivity contribution < 1.29 is 22.7 Å². The SMILES string of the molecule is CCC1(OC(C)=O)CCC(C(F)(F)F)CC1. The molecule has 0 heterocycles. The van der Waals surface area contributed by atoms with Gasteiger partial charge >= 0.3 is 12.1 Å². The number of ether oxygens (including phenoxy) is 1. The molecule has 0 radical (unpaired) electrons. The number of alkyl halides is 3. The molecule has 0 atom stereocenters. The van der Waals surface area contributed by atoms with Gasteiger partial charge in [0.1, 0.15) is 5.60 Å². The van der Waals surface area contributed by atoms with Crippen molar-refractivity contribution in [3.8, 4) is 0 Å². The zero-order valence-corrected chi connectivity index (χ0v) is 9.56. The minimum absolute atomic E-state index is 0.0601. The monoisotopic (exact) mass is 238 g/mol. The maximum atomic E-state index is 12.5. The van der Waals surface area contributed by atoms with Gasteiger partial charge in [-0.3, -0.25) is 4.79 Å². The van der Waals surface area contributed by atoms with Crippen LogP contribution in [0.3, 0.4) is 0 Å². The molecule has 0 aromatic rings. The predicted molar refractivity (Wildman–Crippen MR) is 52.8 cm³/mol. The van der Waals surface area contributed by atoms with Crippen molar-refractivity contribution in [1.82, 2.24) is 0 Å². The lowest BCUT2D eigenvalue weighted by molar-refractivity contribution is -0.198. The highest BCUT2D eigenvalue weighted by Crippen LogP contribution is 2.43. The molecule has 1 aliphatic rings. The van der Waals surface area contributed by atoms with Crippen LogP contribution in [0, 0.1) is 5.92 Å². The molecule has 16 heavy (non-hydrogen) atoms. The zero-order chi connectivity index (χ0) is 12.4. The van der Waals surface area contributed by atoms with Crippen LogP contribution in [0.4, 0.5) is 13.2 Å². The van der Waals surface area contributed by atoms with E-state index >= 15 is 0 Å². The van der Waals surface area contributed by atoms with E-state index in [1.54, 1.807) is 0 Å². The van der Waals surface area contributed by atoms with Gasteiger partial charge in [-0.1, -0.05) is 6.92 Å². The Balaban J connectivity index is 2.60. The molecule has 0 amide bonds. The smallest absolute Gasteiger partial charge is 0.391 e. The maximum Gasteiger partial charge on any atom is 0.391 e. The van der Waals surface area contributed by atoms with E-state index in [0.29, 0.717) is 19.3 Å². The Morgan fingerprint density at radius 3 is 2.19 bits per heavy atom. The first kappa shape index (κ1) is 13.3. The third-order valence-corrected chi connectivity index (χ3v) is 3.36. The number of carbonyl (C=O) groups excluding carboxylic acids is 1. The lowest BCUT2D eigenvalue weighted by atomic mass is 9.77. The van der Waals surface area contributed by atoms with E-state index in [1.165, 1.54) is 6.92 Å². The van der Waals surface area contributed by atoms with Crippen molar-refractivity contribution in [2.24, 2.45) is 5.92 Å². The first-order chi connectivity index (χ1) is 7.29. The summed E-state index contributed by atoms with van der Waals surface area (Å²) in [5.74, 6) is -1.64. The van der Waals surface area contributed by atoms with Gasteiger partial charge < -0.3 is 4.74 Å². The molecular weight excluding hydrogens is 221 g/mol. The van der Waals surface area contributed by atoms with Crippen molar-refractivity contribution in [2.75, 3.05) is 0 Å². The van der Waals surface area contributed by atoms with Crippen molar-refractivity contribution in [3.05, 3.63) is 0 Å². The predicted octanol–water partition coefficient (Wildman–Crippen LogP) is 3.45. The summed E-state index contributed by atoms with van der Waals surface area (Å²) in [4.78, 5) is 10.9. The van der Waals surface area contributed by atoms with Gasteiger partial charge in [0.25, 0.3) is 0 Å². The van der Waals surface area contributed by atoms with Crippen LogP contribution in [-0.2, 0) is 9.53 Å². The number of halogens is 3. The second kappa shape index (κ2) is 4.63. The maximum absolute atomic E-state index is 12.5. The standard InChI is InChI=1S/C11H17F3O2/c1-3-10(16-8(2)15)6-4-9(5-7-10)11(12,13)14/h9H,3-7H2,1-2H3. The summed E-state index contributed by atoms with van der Waals surface area (Å²) in [6.45, 7) is 3.14. The lowest BCUT2D eigenvalue weighted by Crippen LogP contribution is -2.41. The van der Waals surface area contributed by atoms with Gasteiger partial charge in [-0.05, 0) is 32.1 Å². The van der Waals surface area contributed by atoms with Crippen molar-refractivity contribution in [3.63, 3.8) is 0 Å². The molecule has 0 N–H and O–H groups in total. The summed E-state index contributed by atoms with van der Waals surface area (Å²) in [6, 6.07) is 0. The van der Waals surface area contributed by atoms with Crippen LogP contribution >= 0.6 is 0 Å². The van der Waals surface area contributed by atoms with Crippen LogP contribution in [-0.4, -0.2) is 17.7 Å². The lowest BCUT2D eigenvalue weighted by Gasteiger charge is -2.39. The summed E-state index contributed by atoms with van der Waals surface area (Å²) < 4.78 is 42.5. The highest BCUT2D eigenvalue weighted by molar-refractivity contribution is 5.66. The molecule has 0 spiro atoms. The van der Waals surface area contributed by atoms with Crippen LogP contribution in [0.2, 0.25) is 0 Å². The third-order valence-electron chi connectivity index (χ3n) is 3.36. The quantitative estimate of drug-likeness (QED) is 0.689. The number of hydrogen-bond donors (Lipinski definition) is 0. The molecule has 1 saturated carbocycles. The Morgan fingerprint density at radius 1 is 1.38 bits per heavy atom. The van der Waals surface area contributed by atoms with E-state index in [4.69, 9.17) is 4.74 Å². The second-order valence-corrected chi connectivity index (χ2v) is 4.45. The summed E-state index contributed by atoms with van der Waals surface area (Å²) in [5.41, 5.74) is -0.659. The average molecular weight is 238 g/mol. The molecular formula is C11H17F3O2. The Morgan fingerprint density at radius 2 is 1.88 bits per heavy atom. The molecule has 1 rings (SSSR count). The van der Waals surface area contributed by atoms with E-state index in [9.17, 15) is 18.0 Å². The highest BCUT2D eigenvalue weighted by atomic mass is 19.4. The normalized spacial score (nSPS) is 31.2. The minimum Gasteiger partial charge on any atom is -0.459 e. The molecule has 94 valence electrons. The molecule has 0 saturated heterocycles. The Bertz CT molecular complexity index is 252. The van der Waals surface area contributed by atoms with E-state index in [-0.39, 0.29) is 12.8 Å². The van der Waals surface area contributed by atoms with Crippen LogP contribution < -0.4 is 0 Å². The Labute approximate surface area is 93.2 Å². The topological polar surface area (TPSA) is 26.3 Å². The van der Waals surface area contributed by atoms with Gasteiger partial charge in [-0.15, -0.1) is 0 Å². The fourth-order valence-electron chi connectivity index (χ4n) is 2.30. The van der Waals surface area contributed by atoms with Gasteiger partial charge in [-0.2, -0.15) is 13.2 Å². The summed E-state index contributed by atoms with van der Waals surface area (Å²) in [7, 11) is 0. The molecule has 1 fully saturated rings. The number of rotatable bonds is 2. The molecule has 0 aliphatic heterocycles. The fraction of sp³-hybridized carbons (Fsp3) is 0.909. The first-order valence-electron chi connectivity index (χ1n) is 5.55. The van der Waals surface area contributed by atoms with Crippen LogP contribution in [0.15, 0.2) is 0 Å². The van der Waals surface area contributed by atoms with Gasteiger partial charge in [0.2, 0.25) is 0 Å². The minimum atomic E-state index is -4.11. The third kappa shape index (κ3) is 3.12. The average Bonchev–Trinajstić information content (AvgIpc) is 2.16. The highest BCUT2D eigenvalue weighted by Gasteiger charge is 2.46. The van der Waals surface area contributed by atoms with Gasteiger partial charge in [-0.25, -0.2) is 0 Å². The van der Waals surface area contributed by atoms with Crippen molar-refractivity contribution in [2.45, 2.75) is 57.7 Å². The van der Waals surface area contributed by atoms with Crippen LogP contribution in [0.25, 0.3) is 0 Å². The Kier molecular flexibility index (Phi) is 3.86. The second-order valence-electron chi connectivity index (χ2n) is 4.45. The van der Waals surface area contributed by atoms with Crippen LogP contribution in [0.1, 0.15) is 46.0 Å². The van der Waals surface area contributed by atoms with Gasteiger partial charge in [0.05, 0.1) is 5.92 Å². The molecule has 0 bridgehead atoms. The first-order valence-corrected chi connectivity index (χ1v) is 5.55. The van der Waals surface area contributed by atoms with Crippen molar-refractivity contribution in [1.29, 1.82) is 0 Å². The summed E-state index contributed by atoms with van der Waals surface area (Å²) in [5, 5.41) is 0. The Hall–Kier alpha value is -0.740. The largest absolute Gasteiger partial charge is 0.459 e. The molecule has 0 aromatic heterocycles. The number of carbonyl (C=O) groups is 1. The summed E-state index contributed by atoms with van der Waals surface area (Å²) >= 11 is 0. The van der Waals surface area contributed by atoms with E-state index in [2.05, 4.69) is 0 Å². The van der Waals surface area contributed by atoms with Crippen molar-refractivity contribution >= 4 is 5.97 Å². The molecule has 1 aliphatic carbocycles. The number of esters is 1. The molecule has 2 nitrogen and oxygen atoms in total. The molecule has 0 unspecified atom stereocenters. The summed E-state index contributed by atoms with van der Waals surface area (Å²) in [6.07, 6.45) is -2.79. The van der Waals surface area contributed by atoms with E-state index < -0.39 is 23.7 Å². The van der Waals surface area contributed by atoms with E-state index in [1.807, 2.05) is 6.92 Å². The fourth-order valence-corrected chi connectivity index (χ4v) is 2.30. The number of hydrogen-bond acceptors (Lipinski definition) is 2. The van der Waals surface area contributed by atoms with E-state index in [0.717, 1.165) is 0 Å².